The Hall–Kier alpha value is -5.86. The lowest BCUT2D eigenvalue weighted by Crippen LogP contribution is -2.58. The highest BCUT2D eigenvalue weighted by molar-refractivity contribution is 7.90. The molecule has 3 atom stereocenters. The maximum absolute atomic E-state index is 15.4. The van der Waals surface area contributed by atoms with Gasteiger partial charge in [0.15, 0.2) is 0 Å². The summed E-state index contributed by atoms with van der Waals surface area (Å²) in [5, 5.41) is 15.9. The summed E-state index contributed by atoms with van der Waals surface area (Å²) >= 11 is 0. The fourth-order valence-electron chi connectivity index (χ4n) is 11.9. The third-order valence-electron chi connectivity index (χ3n) is 15.9. The molecule has 1 aliphatic carbocycles. The molecule has 5 aliphatic heterocycles. The van der Waals surface area contributed by atoms with Crippen LogP contribution in [0, 0.1) is 15.5 Å². The number of nitrogens with zero attached hydrogens (tertiary/aromatic N) is 5. The summed E-state index contributed by atoms with van der Waals surface area (Å²) in [6.07, 6.45) is 6.44. The number of ether oxygens (including phenoxy) is 4. The predicted octanol–water partition coefficient (Wildman–Crippen LogP) is 8.15. The summed E-state index contributed by atoms with van der Waals surface area (Å²) in [6, 6.07) is 21.9. The van der Waals surface area contributed by atoms with Crippen LogP contribution in [-0.4, -0.2) is 124 Å². The first-order chi connectivity index (χ1) is 34.3. The van der Waals surface area contributed by atoms with Crippen LogP contribution in [0.25, 0.3) is 11.0 Å². The highest BCUT2D eigenvalue weighted by atomic mass is 32.2. The van der Waals surface area contributed by atoms with Gasteiger partial charge in [-0.15, -0.1) is 0 Å². The lowest BCUT2D eigenvalue weighted by atomic mass is 9.59. The Kier molecular flexibility index (Phi) is 12.7. The van der Waals surface area contributed by atoms with E-state index in [4.69, 9.17) is 23.9 Å². The Labute approximate surface area is 412 Å². The second kappa shape index (κ2) is 19.0. The number of anilines is 4. The van der Waals surface area contributed by atoms with E-state index < -0.39 is 43.2 Å². The van der Waals surface area contributed by atoms with Gasteiger partial charge in [-0.2, -0.15) is 4.98 Å². The SMILES string of the molecule is CC(C)c1ccccc1[C@@H]1COCCN1C1CC2(CCN(c3ccc(C(=O)NS(=O)(=O)c4ccc(NCC5(F)CCOCC5)c([N+](=O)[O-])c4)c(N4c5cc6cc[nH]c6nc5O[C@H]5COCC[C@@H]54)c3)CC2)C1. The van der Waals surface area contributed by atoms with Crippen LogP contribution in [0.5, 0.6) is 5.88 Å². The van der Waals surface area contributed by atoms with Crippen LogP contribution in [-0.2, 0) is 24.2 Å². The molecule has 0 bridgehead atoms. The summed E-state index contributed by atoms with van der Waals surface area (Å²) in [5.74, 6) is -0.147. The fourth-order valence-corrected chi connectivity index (χ4v) is 12.9. The number of alkyl halides is 1. The van der Waals surface area contributed by atoms with Gasteiger partial charge >= 0.3 is 0 Å². The van der Waals surface area contributed by atoms with E-state index in [1.807, 2.05) is 24.3 Å². The van der Waals surface area contributed by atoms with Crippen molar-refractivity contribution >= 4 is 55.4 Å². The normalized spacial score (nSPS) is 23.4. The number of nitro benzene ring substituents is 1. The minimum atomic E-state index is -4.68. The number of morpholine rings is 1. The number of nitro groups is 1. The van der Waals surface area contributed by atoms with Gasteiger partial charge in [-0.3, -0.25) is 19.8 Å². The predicted molar refractivity (Wildman–Crippen MR) is 266 cm³/mol. The van der Waals surface area contributed by atoms with Crippen molar-refractivity contribution in [1.82, 2.24) is 19.6 Å². The summed E-state index contributed by atoms with van der Waals surface area (Å²) in [7, 11) is -4.68. The molecule has 11 rings (SSSR count). The maximum atomic E-state index is 15.4. The number of hydrogen-bond acceptors (Lipinski definition) is 14. The number of piperidine rings is 1. The zero-order valence-electron chi connectivity index (χ0n) is 40.1. The summed E-state index contributed by atoms with van der Waals surface area (Å²) < 4.78 is 69.6. The van der Waals surface area contributed by atoms with E-state index in [1.165, 1.54) is 23.3 Å². The van der Waals surface area contributed by atoms with Gasteiger partial charge in [0.1, 0.15) is 28.8 Å². The molecule has 5 aromatic rings. The van der Waals surface area contributed by atoms with Crippen LogP contribution >= 0.6 is 0 Å². The molecule has 17 nitrogen and oxygen atoms in total. The van der Waals surface area contributed by atoms with Gasteiger partial charge in [0.05, 0.1) is 53.0 Å². The van der Waals surface area contributed by atoms with Gasteiger partial charge in [-0.05, 0) is 97.0 Å². The maximum Gasteiger partial charge on any atom is 0.293 e. The molecular weight excluding hydrogens is 932 g/mol. The molecule has 0 unspecified atom stereocenters. The van der Waals surface area contributed by atoms with Crippen LogP contribution in [0.3, 0.4) is 0 Å². The van der Waals surface area contributed by atoms with E-state index >= 15 is 4.39 Å². The topological polar surface area (TPSA) is 194 Å². The smallest absolute Gasteiger partial charge is 0.293 e. The zero-order chi connectivity index (χ0) is 49.1. The van der Waals surface area contributed by atoms with Gasteiger partial charge < -0.3 is 39.0 Å². The molecule has 3 aromatic carbocycles. The quantitative estimate of drug-likeness (QED) is 0.0801. The third kappa shape index (κ3) is 9.19. The number of halogens is 1. The molecular formula is C52H61FN8O9S. The minimum Gasteiger partial charge on any atom is -0.468 e. The molecule has 1 saturated carbocycles. The van der Waals surface area contributed by atoms with Crippen molar-refractivity contribution in [1.29, 1.82) is 0 Å². The van der Waals surface area contributed by atoms with Crippen molar-refractivity contribution in [2.45, 2.75) is 99.5 Å². The molecule has 4 saturated heterocycles. The summed E-state index contributed by atoms with van der Waals surface area (Å²) in [4.78, 5) is 40.8. The number of H-pyrrole nitrogens is 1. The third-order valence-corrected chi connectivity index (χ3v) is 17.2. The summed E-state index contributed by atoms with van der Waals surface area (Å²) in [5.41, 5.74) is 3.43. The van der Waals surface area contributed by atoms with Gasteiger partial charge in [0, 0.05) is 88.2 Å². The molecule has 1 spiro atoms. The molecule has 5 fully saturated rings. The zero-order valence-corrected chi connectivity index (χ0v) is 40.9. The van der Waals surface area contributed by atoms with Crippen molar-refractivity contribution < 1.29 is 41.5 Å². The van der Waals surface area contributed by atoms with E-state index in [0.29, 0.717) is 54.5 Å². The van der Waals surface area contributed by atoms with E-state index in [1.54, 1.807) is 12.3 Å². The second-order valence-corrected chi connectivity index (χ2v) is 22.2. The number of carbonyl (C=O) groups is 1. The van der Waals surface area contributed by atoms with Crippen molar-refractivity contribution in [2.24, 2.45) is 5.41 Å². The number of hydrogen-bond donors (Lipinski definition) is 3. The van der Waals surface area contributed by atoms with Crippen LogP contribution in [0.1, 0.15) is 92.2 Å². The average molecular weight is 993 g/mol. The molecule has 6 aliphatic rings. The first-order valence-corrected chi connectivity index (χ1v) is 26.4. The number of aromatic amines is 1. The number of pyridine rings is 1. The number of aromatic nitrogens is 2. The van der Waals surface area contributed by atoms with Crippen molar-refractivity contribution in [3.8, 4) is 5.88 Å². The summed E-state index contributed by atoms with van der Waals surface area (Å²) in [6.45, 7) is 9.46. The molecule has 1 amide bonds. The Balaban J connectivity index is 0.874. The van der Waals surface area contributed by atoms with Crippen LogP contribution in [0.15, 0.2) is 83.9 Å². The fraction of sp³-hybridized carbons (Fsp3) is 0.500. The van der Waals surface area contributed by atoms with Crippen LogP contribution in [0.2, 0.25) is 0 Å². The van der Waals surface area contributed by atoms with Gasteiger partial charge in [0.2, 0.25) is 5.88 Å². The Morgan fingerprint density at radius 2 is 1.72 bits per heavy atom. The van der Waals surface area contributed by atoms with Gasteiger partial charge in [0.25, 0.3) is 21.6 Å². The average Bonchev–Trinajstić information content (AvgIpc) is 3.83. The Morgan fingerprint density at radius 3 is 2.51 bits per heavy atom. The Bertz CT molecular complexity index is 2930. The molecule has 71 heavy (non-hydrogen) atoms. The van der Waals surface area contributed by atoms with Gasteiger partial charge in [-0.25, -0.2) is 17.5 Å². The lowest BCUT2D eigenvalue weighted by Gasteiger charge is -2.57. The number of rotatable bonds is 12. The van der Waals surface area contributed by atoms with E-state index in [9.17, 15) is 23.3 Å². The first-order valence-electron chi connectivity index (χ1n) is 25.0. The molecule has 0 radical (unpaired) electrons. The van der Waals surface area contributed by atoms with Crippen molar-refractivity contribution in [2.75, 3.05) is 80.9 Å². The van der Waals surface area contributed by atoms with Crippen molar-refractivity contribution in [3.63, 3.8) is 0 Å². The molecule has 3 N–H and O–H groups in total. The van der Waals surface area contributed by atoms with Crippen molar-refractivity contribution in [3.05, 3.63) is 106 Å². The number of sulfonamides is 1. The highest BCUT2D eigenvalue weighted by Gasteiger charge is 2.50. The second-order valence-electron chi connectivity index (χ2n) is 20.5. The van der Waals surface area contributed by atoms with E-state index in [-0.39, 0.29) is 68.0 Å². The van der Waals surface area contributed by atoms with E-state index in [2.05, 4.69) is 67.8 Å². The van der Waals surface area contributed by atoms with Gasteiger partial charge in [-0.1, -0.05) is 38.1 Å². The number of benzene rings is 3. The van der Waals surface area contributed by atoms with Crippen LogP contribution in [0.4, 0.5) is 32.8 Å². The number of fused-ring (bicyclic) bond motifs is 3. The van der Waals surface area contributed by atoms with Crippen LogP contribution < -0.4 is 24.6 Å². The minimum absolute atomic E-state index is 0.0430. The molecule has 19 heteroatoms. The van der Waals surface area contributed by atoms with E-state index in [0.717, 1.165) is 69.1 Å². The molecule has 2 aromatic heterocycles. The Morgan fingerprint density at radius 1 is 0.930 bits per heavy atom. The number of amides is 1. The number of nitrogens with one attached hydrogen (secondary N) is 3. The molecule has 376 valence electrons. The monoisotopic (exact) mass is 992 g/mol. The standard InChI is InChI=1S/C52H61FN8O9S/c1-33(2)38-5-3-4-6-39(38)46-30-69-24-20-59(46)36-28-51(29-36)13-18-58(19-14-51)35-7-9-40(43(26-35)60-42-12-21-68-31-47(42)70-50-45(60)25-34-11-17-54-48(34)56-50)49(62)57-71(65,66)37-8-10-41(44(27-37)61(63)64)55-32-52(53)15-22-67-23-16-52/h3-11,17,25-27,33,36,42,46-47,55H,12-16,18-24,28-32H2,1-2H3,(H,54,56)(H,57,62)/t42-,46-,47-/m0/s1. The number of carbonyl (C=O) groups excluding carboxylic acids is 1. The largest absolute Gasteiger partial charge is 0.468 e. The highest BCUT2D eigenvalue weighted by Crippen LogP contribution is 2.54. The lowest BCUT2D eigenvalue weighted by molar-refractivity contribution is -0.384. The molecule has 7 heterocycles. The first kappa shape index (κ1) is 47.5.